The smallest absolute Gasteiger partial charge is 0.207 e. The molecule has 0 amide bonds. The summed E-state index contributed by atoms with van der Waals surface area (Å²) in [6.45, 7) is 4.90. The average molecular weight is 319 g/mol. The predicted molar refractivity (Wildman–Crippen MR) is 80.9 cm³/mol. The Kier molecular flexibility index (Phi) is 2.87. The van der Waals surface area contributed by atoms with E-state index in [9.17, 15) is 14.7 Å². The van der Waals surface area contributed by atoms with Crippen molar-refractivity contribution in [2.75, 3.05) is 26.8 Å². The molecular weight excluding hydrogens is 298 g/mol. The molecule has 0 spiro atoms. The molecule has 4 rings (SSSR count). The fourth-order valence-electron chi connectivity index (χ4n) is 4.87. The van der Waals surface area contributed by atoms with Gasteiger partial charge in [-0.2, -0.15) is 0 Å². The van der Waals surface area contributed by atoms with Crippen molar-refractivity contribution in [2.24, 2.45) is 11.7 Å². The van der Waals surface area contributed by atoms with E-state index < -0.39 is 11.6 Å². The number of aliphatic hydroxyl groups is 1. The number of likely N-dealkylation sites (N-methyl/N-ethyl adjacent to an activating group) is 1. The molecule has 1 aliphatic carbocycles. The molecule has 3 aliphatic heterocycles. The highest BCUT2D eigenvalue weighted by Gasteiger charge is 2.75. The largest absolute Gasteiger partial charge is 0.396 e. The van der Waals surface area contributed by atoms with E-state index in [-0.39, 0.29) is 35.5 Å². The van der Waals surface area contributed by atoms with Crippen molar-refractivity contribution in [1.29, 1.82) is 0 Å². The van der Waals surface area contributed by atoms with Gasteiger partial charge in [0.1, 0.15) is 0 Å². The topological polar surface area (TPSA) is 95.9 Å². The fourth-order valence-corrected chi connectivity index (χ4v) is 4.87. The van der Waals surface area contributed by atoms with Crippen LogP contribution >= 0.6 is 0 Å². The molecular formula is C16H21N3O4. The van der Waals surface area contributed by atoms with Crippen LogP contribution in [0.5, 0.6) is 0 Å². The number of nitrogens with two attached hydrogens (primary N) is 1. The van der Waals surface area contributed by atoms with Gasteiger partial charge in [0.15, 0.2) is 5.72 Å². The normalized spacial score (nSPS) is 41.5. The molecule has 0 aromatic rings. The van der Waals surface area contributed by atoms with E-state index >= 15 is 0 Å². The van der Waals surface area contributed by atoms with Crippen LogP contribution in [0.25, 0.3) is 0 Å². The second-order valence-corrected chi connectivity index (χ2v) is 6.60. The molecule has 2 fully saturated rings. The molecule has 5 unspecified atom stereocenters. The summed E-state index contributed by atoms with van der Waals surface area (Å²) in [6.07, 6.45) is 0. The van der Waals surface area contributed by atoms with Gasteiger partial charge >= 0.3 is 0 Å². The van der Waals surface area contributed by atoms with E-state index in [0.717, 1.165) is 6.54 Å². The van der Waals surface area contributed by atoms with Crippen molar-refractivity contribution >= 4 is 11.6 Å². The Balaban J connectivity index is 1.87. The number of aliphatic hydroxyl groups excluding tert-OH is 1. The van der Waals surface area contributed by atoms with Gasteiger partial charge in [-0.25, -0.2) is 0 Å². The number of hydrogen-bond donors (Lipinski definition) is 2. The number of carbonyl (C=O) groups excluding carboxylic acids is 2. The molecule has 3 N–H and O–H groups in total. The first-order chi connectivity index (χ1) is 10.9. The number of carbonyl (C=O) groups is 2. The van der Waals surface area contributed by atoms with Gasteiger partial charge in [-0.05, 0) is 13.5 Å². The summed E-state index contributed by atoms with van der Waals surface area (Å²) in [5.74, 6) is -1.13. The summed E-state index contributed by atoms with van der Waals surface area (Å²) in [6, 6.07) is 0.386. The Bertz CT molecular complexity index is 671. The summed E-state index contributed by atoms with van der Waals surface area (Å²) in [5, 5.41) is 10.0. The van der Waals surface area contributed by atoms with Crippen LogP contribution in [0, 0.1) is 5.92 Å². The molecule has 0 bridgehead atoms. The summed E-state index contributed by atoms with van der Waals surface area (Å²) in [4.78, 5) is 29.6. The van der Waals surface area contributed by atoms with Gasteiger partial charge in [0.25, 0.3) is 0 Å². The number of fused-ring (bicyclic) bond motifs is 4. The van der Waals surface area contributed by atoms with Crippen molar-refractivity contribution in [3.63, 3.8) is 0 Å². The second-order valence-electron chi connectivity index (χ2n) is 6.60. The molecule has 0 aromatic heterocycles. The predicted octanol–water partition coefficient (Wildman–Crippen LogP) is -1.02. The zero-order valence-corrected chi connectivity index (χ0v) is 13.5. The molecule has 23 heavy (non-hydrogen) atoms. The van der Waals surface area contributed by atoms with Crippen LogP contribution in [0.3, 0.4) is 0 Å². The van der Waals surface area contributed by atoms with Gasteiger partial charge < -0.3 is 20.5 Å². The highest BCUT2D eigenvalue weighted by atomic mass is 16.5. The summed E-state index contributed by atoms with van der Waals surface area (Å²) >= 11 is 0. The fraction of sp³-hybridized carbons (Fsp3) is 0.625. The van der Waals surface area contributed by atoms with Crippen molar-refractivity contribution in [3.05, 3.63) is 22.5 Å². The van der Waals surface area contributed by atoms with E-state index in [2.05, 4.69) is 11.8 Å². The van der Waals surface area contributed by atoms with Crippen LogP contribution in [0.2, 0.25) is 0 Å². The lowest BCUT2D eigenvalue weighted by atomic mass is 9.82. The van der Waals surface area contributed by atoms with Crippen LogP contribution in [0.4, 0.5) is 0 Å². The maximum Gasteiger partial charge on any atom is 0.207 e. The third-order valence-corrected chi connectivity index (χ3v) is 5.97. The number of rotatable bonds is 3. The molecule has 7 heteroatoms. The molecule has 0 saturated carbocycles. The first-order valence-electron chi connectivity index (χ1n) is 7.94. The third kappa shape index (κ3) is 1.42. The Hall–Kier alpha value is -1.70. The van der Waals surface area contributed by atoms with E-state index in [1.807, 2.05) is 4.90 Å². The number of ketones is 2. The quantitative estimate of drug-likeness (QED) is 0.508. The van der Waals surface area contributed by atoms with E-state index in [1.165, 1.54) is 0 Å². The molecule has 4 aliphatic rings. The van der Waals surface area contributed by atoms with Gasteiger partial charge in [-0.15, -0.1) is 0 Å². The standard InChI is InChI=1S/C16H21N3O4/c1-4-18-9-5-19-12-10(14(22)11(17)7(2)13(12)21)8(6-20)16(19,23-3)15(9)18/h8-9,15,20H,4-6,17H2,1-3H3. The van der Waals surface area contributed by atoms with Crippen LogP contribution in [-0.4, -0.2) is 71.1 Å². The van der Waals surface area contributed by atoms with E-state index in [4.69, 9.17) is 10.5 Å². The zero-order chi connectivity index (χ0) is 16.7. The molecule has 0 aromatic carbocycles. The van der Waals surface area contributed by atoms with Gasteiger partial charge in [-0.3, -0.25) is 14.5 Å². The minimum Gasteiger partial charge on any atom is -0.396 e. The Morgan fingerprint density at radius 3 is 2.65 bits per heavy atom. The Morgan fingerprint density at radius 1 is 1.39 bits per heavy atom. The number of methoxy groups -OCH3 is 1. The molecule has 3 heterocycles. The van der Waals surface area contributed by atoms with Crippen LogP contribution in [0.15, 0.2) is 22.5 Å². The number of nitrogens with zero attached hydrogens (tertiary/aromatic N) is 2. The second kappa shape index (κ2) is 4.43. The van der Waals surface area contributed by atoms with Gasteiger partial charge in [0.2, 0.25) is 11.6 Å². The maximum atomic E-state index is 12.8. The molecule has 0 radical (unpaired) electrons. The number of Topliss-reactive ketones (excluding diaryl/α,β-unsaturated/α-hetero) is 2. The first kappa shape index (κ1) is 14.9. The first-order valence-corrected chi connectivity index (χ1v) is 7.94. The zero-order valence-electron chi connectivity index (χ0n) is 13.5. The summed E-state index contributed by atoms with van der Waals surface area (Å²) < 4.78 is 5.89. The number of piperazine rings is 1. The third-order valence-electron chi connectivity index (χ3n) is 5.97. The lowest BCUT2D eigenvalue weighted by molar-refractivity contribution is -0.145. The maximum absolute atomic E-state index is 12.8. The minimum atomic E-state index is -0.851. The molecule has 124 valence electrons. The van der Waals surface area contributed by atoms with Crippen molar-refractivity contribution in [2.45, 2.75) is 31.7 Å². The highest BCUT2D eigenvalue weighted by molar-refractivity contribution is 6.25. The van der Waals surface area contributed by atoms with E-state index in [1.54, 1.807) is 14.0 Å². The average Bonchev–Trinajstić information content (AvgIpc) is 3.03. The van der Waals surface area contributed by atoms with Gasteiger partial charge in [0.05, 0.1) is 30.0 Å². The highest BCUT2D eigenvalue weighted by Crippen LogP contribution is 2.59. The molecule has 7 nitrogen and oxygen atoms in total. The SMILES string of the molecule is CCN1C2CN3C4=C(C(=O)C(N)=C(C)C4=O)C(CO)C3(OC)C21. The van der Waals surface area contributed by atoms with E-state index in [0.29, 0.717) is 23.9 Å². The summed E-state index contributed by atoms with van der Waals surface area (Å²) in [5.41, 5.74) is 5.96. The van der Waals surface area contributed by atoms with Crippen LogP contribution in [-0.2, 0) is 14.3 Å². The van der Waals surface area contributed by atoms with Crippen molar-refractivity contribution < 1.29 is 19.4 Å². The lowest BCUT2D eigenvalue weighted by Crippen LogP contribution is -2.55. The van der Waals surface area contributed by atoms with Crippen LogP contribution < -0.4 is 5.73 Å². The Labute approximate surface area is 134 Å². The summed E-state index contributed by atoms with van der Waals surface area (Å²) in [7, 11) is 1.58. The number of allylic oxidation sites excluding steroid dienone is 2. The van der Waals surface area contributed by atoms with Crippen molar-refractivity contribution in [1.82, 2.24) is 9.80 Å². The number of hydrogen-bond acceptors (Lipinski definition) is 7. The monoisotopic (exact) mass is 319 g/mol. The van der Waals surface area contributed by atoms with Gasteiger partial charge in [-0.1, -0.05) is 6.92 Å². The molecule has 5 atom stereocenters. The van der Waals surface area contributed by atoms with Crippen molar-refractivity contribution in [3.8, 4) is 0 Å². The molecule has 2 saturated heterocycles. The van der Waals surface area contributed by atoms with Crippen LogP contribution in [0.1, 0.15) is 13.8 Å². The lowest BCUT2D eigenvalue weighted by Gasteiger charge is -2.40. The number of ether oxygens (including phenoxy) is 1. The van der Waals surface area contributed by atoms with Gasteiger partial charge in [0, 0.05) is 30.8 Å². The Morgan fingerprint density at radius 2 is 2.09 bits per heavy atom. The minimum absolute atomic E-state index is 0.0145.